The molecule has 2 aromatic rings. The summed E-state index contributed by atoms with van der Waals surface area (Å²) < 4.78 is 1.68. The molecule has 2 heterocycles. The van der Waals surface area contributed by atoms with E-state index >= 15 is 0 Å². The number of carbonyl (C=O) groups is 2. The molecular weight excluding hydrogens is 314 g/mol. The summed E-state index contributed by atoms with van der Waals surface area (Å²) in [5, 5.41) is 0. The van der Waals surface area contributed by atoms with Gasteiger partial charge in [0.25, 0.3) is 5.91 Å². The molecule has 0 spiro atoms. The fourth-order valence-corrected chi connectivity index (χ4v) is 3.40. The van der Waals surface area contributed by atoms with E-state index in [9.17, 15) is 9.59 Å². The molecule has 128 valence electrons. The molecule has 1 aliphatic rings. The van der Waals surface area contributed by atoms with Gasteiger partial charge in [-0.2, -0.15) is 4.57 Å². The largest absolute Gasteiger partial charge is 0.365 e. The zero-order valence-electron chi connectivity index (χ0n) is 14.7. The molecule has 5 heteroatoms. The summed E-state index contributed by atoms with van der Waals surface area (Å²) in [5.74, 6) is -0.540. The smallest absolute Gasteiger partial charge is 0.254 e. The third kappa shape index (κ3) is 3.05. The van der Waals surface area contributed by atoms with Gasteiger partial charge in [0.05, 0.1) is 0 Å². The van der Waals surface area contributed by atoms with E-state index in [-0.39, 0.29) is 17.7 Å². The summed E-state index contributed by atoms with van der Waals surface area (Å²) in [6.45, 7) is 4.40. The van der Waals surface area contributed by atoms with Gasteiger partial charge in [-0.15, -0.1) is 0 Å². The fourth-order valence-electron chi connectivity index (χ4n) is 3.40. The van der Waals surface area contributed by atoms with Gasteiger partial charge in [-0.25, -0.2) is 0 Å². The number of hydrogen-bond donors (Lipinski definition) is 1. The Morgan fingerprint density at radius 2 is 1.92 bits per heavy atom. The number of allylic oxidation sites excluding steroid dienone is 2. The SMILES string of the molecule is CN1/C(=C/C(=O)C[n+]2cccc(C(N)=O)c2)C(C)(C)c2ccccc21. The van der Waals surface area contributed by atoms with Crippen LogP contribution in [0.4, 0.5) is 5.69 Å². The Morgan fingerprint density at radius 1 is 1.20 bits per heavy atom. The van der Waals surface area contributed by atoms with E-state index in [1.807, 2.05) is 19.2 Å². The van der Waals surface area contributed by atoms with Crippen LogP contribution in [0.2, 0.25) is 0 Å². The van der Waals surface area contributed by atoms with Crippen LogP contribution in [0.25, 0.3) is 0 Å². The number of para-hydroxylation sites is 1. The Balaban J connectivity index is 1.87. The van der Waals surface area contributed by atoms with Crippen molar-refractivity contribution in [3.63, 3.8) is 0 Å². The Kier molecular flexibility index (Phi) is 4.17. The highest BCUT2D eigenvalue weighted by Gasteiger charge is 2.38. The summed E-state index contributed by atoms with van der Waals surface area (Å²) in [6, 6.07) is 11.5. The normalized spacial score (nSPS) is 16.8. The minimum atomic E-state index is -0.507. The third-order valence-corrected chi connectivity index (χ3v) is 4.72. The van der Waals surface area contributed by atoms with Gasteiger partial charge < -0.3 is 10.6 Å². The average molecular weight is 336 g/mol. The quantitative estimate of drug-likeness (QED) is 0.685. The topological polar surface area (TPSA) is 67.3 Å². The lowest BCUT2D eigenvalue weighted by molar-refractivity contribution is -0.684. The van der Waals surface area contributed by atoms with Crippen LogP contribution in [0, 0.1) is 0 Å². The van der Waals surface area contributed by atoms with E-state index in [2.05, 4.69) is 30.9 Å². The van der Waals surface area contributed by atoms with Crippen molar-refractivity contribution in [1.29, 1.82) is 0 Å². The van der Waals surface area contributed by atoms with Crippen molar-refractivity contribution in [2.45, 2.75) is 25.8 Å². The van der Waals surface area contributed by atoms with E-state index in [4.69, 9.17) is 5.73 Å². The van der Waals surface area contributed by atoms with Crippen LogP contribution in [0.5, 0.6) is 0 Å². The number of carbonyl (C=O) groups excluding carboxylic acids is 2. The highest BCUT2D eigenvalue weighted by molar-refractivity contribution is 5.92. The zero-order chi connectivity index (χ0) is 18.2. The first-order chi connectivity index (χ1) is 11.8. The van der Waals surface area contributed by atoms with E-state index in [0.29, 0.717) is 5.56 Å². The van der Waals surface area contributed by atoms with Crippen LogP contribution in [0.3, 0.4) is 0 Å². The van der Waals surface area contributed by atoms with Crippen molar-refractivity contribution >= 4 is 17.4 Å². The second-order valence-corrected chi connectivity index (χ2v) is 6.83. The molecule has 0 saturated carbocycles. The molecule has 2 N–H and O–H groups in total. The molecule has 1 aromatic carbocycles. The molecule has 1 aliphatic heterocycles. The number of pyridine rings is 1. The molecule has 3 rings (SSSR count). The van der Waals surface area contributed by atoms with Crippen molar-refractivity contribution in [3.05, 3.63) is 71.7 Å². The summed E-state index contributed by atoms with van der Waals surface area (Å²) in [6.07, 6.45) is 5.04. The second kappa shape index (κ2) is 6.16. The molecule has 0 atom stereocenters. The monoisotopic (exact) mass is 336 g/mol. The van der Waals surface area contributed by atoms with Crippen molar-refractivity contribution in [2.75, 3.05) is 11.9 Å². The number of nitrogens with zero attached hydrogens (tertiary/aromatic N) is 2. The van der Waals surface area contributed by atoms with E-state index in [1.54, 1.807) is 35.2 Å². The standard InChI is InChI=1S/C20H21N3O2/c1-20(2)16-8-4-5-9-17(16)22(3)18(20)11-15(24)13-23-10-6-7-14(12-23)19(21)25/h4-12H,13H2,1-3H3,(H-,21,25)/p+1/b18-11+. The highest BCUT2D eigenvalue weighted by Crippen LogP contribution is 2.46. The van der Waals surface area contributed by atoms with E-state index in [1.165, 1.54) is 5.56 Å². The van der Waals surface area contributed by atoms with Gasteiger partial charge in [0.1, 0.15) is 5.56 Å². The molecule has 0 aliphatic carbocycles. The Bertz CT molecular complexity index is 884. The number of primary amides is 1. The molecule has 0 unspecified atom stereocenters. The predicted molar refractivity (Wildman–Crippen MR) is 96.1 cm³/mol. The Hall–Kier alpha value is -2.95. The van der Waals surface area contributed by atoms with Crippen LogP contribution in [-0.4, -0.2) is 18.7 Å². The molecule has 1 amide bonds. The summed E-state index contributed by atoms with van der Waals surface area (Å²) in [7, 11) is 1.98. The first-order valence-corrected chi connectivity index (χ1v) is 8.18. The van der Waals surface area contributed by atoms with Gasteiger partial charge in [0.2, 0.25) is 12.3 Å². The minimum absolute atomic E-state index is 0.0330. The third-order valence-electron chi connectivity index (χ3n) is 4.72. The number of rotatable bonds is 4. The van der Waals surface area contributed by atoms with Gasteiger partial charge in [0, 0.05) is 36.0 Å². The van der Waals surface area contributed by atoms with Gasteiger partial charge in [-0.3, -0.25) is 9.59 Å². The van der Waals surface area contributed by atoms with Crippen molar-refractivity contribution in [3.8, 4) is 0 Å². The number of hydrogen-bond acceptors (Lipinski definition) is 3. The maximum atomic E-state index is 12.6. The summed E-state index contributed by atoms with van der Waals surface area (Å²) in [4.78, 5) is 25.9. The first kappa shape index (κ1) is 16.9. The Labute approximate surface area is 147 Å². The summed E-state index contributed by atoms with van der Waals surface area (Å²) >= 11 is 0. The van der Waals surface area contributed by atoms with Crippen LogP contribution < -0.4 is 15.2 Å². The Morgan fingerprint density at radius 3 is 2.60 bits per heavy atom. The zero-order valence-corrected chi connectivity index (χ0v) is 14.7. The molecule has 5 nitrogen and oxygen atoms in total. The fraction of sp³-hybridized carbons (Fsp3) is 0.250. The number of fused-ring (bicyclic) bond motifs is 1. The molecule has 0 fully saturated rings. The lowest BCUT2D eigenvalue weighted by atomic mass is 9.83. The van der Waals surface area contributed by atoms with Crippen LogP contribution in [-0.2, 0) is 16.8 Å². The molecule has 0 bridgehead atoms. The van der Waals surface area contributed by atoms with Crippen molar-refractivity contribution in [1.82, 2.24) is 0 Å². The number of anilines is 1. The second-order valence-electron chi connectivity index (χ2n) is 6.83. The van der Waals surface area contributed by atoms with Crippen molar-refractivity contribution < 1.29 is 14.2 Å². The van der Waals surface area contributed by atoms with Crippen LogP contribution in [0.1, 0.15) is 29.8 Å². The number of benzene rings is 1. The number of aromatic nitrogens is 1. The van der Waals surface area contributed by atoms with Crippen LogP contribution in [0.15, 0.2) is 60.6 Å². The molecule has 25 heavy (non-hydrogen) atoms. The van der Waals surface area contributed by atoms with Crippen LogP contribution >= 0.6 is 0 Å². The van der Waals surface area contributed by atoms with Crippen molar-refractivity contribution in [2.24, 2.45) is 5.73 Å². The number of likely N-dealkylation sites (N-methyl/N-ethyl adjacent to an activating group) is 1. The number of nitrogens with two attached hydrogens (primary N) is 1. The maximum Gasteiger partial charge on any atom is 0.254 e. The number of amides is 1. The molecular formula is C20H22N3O2+. The molecule has 0 radical (unpaired) electrons. The first-order valence-electron chi connectivity index (χ1n) is 8.18. The maximum absolute atomic E-state index is 12.6. The summed E-state index contributed by atoms with van der Waals surface area (Å²) in [5.41, 5.74) is 8.73. The number of ketones is 1. The van der Waals surface area contributed by atoms with Gasteiger partial charge in [-0.05, 0) is 17.7 Å². The minimum Gasteiger partial charge on any atom is -0.365 e. The van der Waals surface area contributed by atoms with Gasteiger partial charge >= 0.3 is 0 Å². The van der Waals surface area contributed by atoms with Gasteiger partial charge in [0.15, 0.2) is 12.4 Å². The predicted octanol–water partition coefficient (Wildman–Crippen LogP) is 1.95. The molecule has 1 aromatic heterocycles. The lowest BCUT2D eigenvalue weighted by Crippen LogP contribution is -2.38. The van der Waals surface area contributed by atoms with E-state index in [0.717, 1.165) is 11.4 Å². The average Bonchev–Trinajstić information content (AvgIpc) is 2.76. The van der Waals surface area contributed by atoms with E-state index < -0.39 is 5.91 Å². The van der Waals surface area contributed by atoms with Gasteiger partial charge in [-0.1, -0.05) is 32.0 Å². The lowest BCUT2D eigenvalue weighted by Gasteiger charge is -2.23. The highest BCUT2D eigenvalue weighted by atomic mass is 16.1. The molecule has 0 saturated heterocycles.